The number of nitrogens with one attached hydrogen (secondary N) is 2. The van der Waals surface area contributed by atoms with Gasteiger partial charge in [0.15, 0.2) is 0 Å². The quantitative estimate of drug-likeness (QED) is 0.768. The van der Waals surface area contributed by atoms with Gasteiger partial charge in [0.1, 0.15) is 17.5 Å². The second-order valence-corrected chi connectivity index (χ2v) is 8.23. The Bertz CT molecular complexity index is 892. The topological polar surface area (TPSA) is 62.3 Å². The number of aromatic nitrogens is 2. The predicted molar refractivity (Wildman–Crippen MR) is 109 cm³/mol. The minimum Gasteiger partial charge on any atom is -0.378 e. The Morgan fingerprint density at radius 2 is 1.90 bits per heavy atom. The molecule has 4 rings (SSSR count). The van der Waals surface area contributed by atoms with Crippen molar-refractivity contribution < 1.29 is 17.9 Å². The zero-order valence-corrected chi connectivity index (χ0v) is 17.1. The summed E-state index contributed by atoms with van der Waals surface area (Å²) in [5.41, 5.74) is 0.364. The van der Waals surface area contributed by atoms with E-state index in [1.165, 1.54) is 0 Å². The average molecular weight is 421 g/mol. The van der Waals surface area contributed by atoms with Crippen molar-refractivity contribution in [1.82, 2.24) is 15.3 Å². The highest BCUT2D eigenvalue weighted by Crippen LogP contribution is 2.37. The van der Waals surface area contributed by atoms with Gasteiger partial charge in [-0.25, -0.2) is 9.97 Å². The van der Waals surface area contributed by atoms with Crippen LogP contribution in [0.25, 0.3) is 0 Å². The zero-order valence-electron chi connectivity index (χ0n) is 17.1. The molecule has 30 heavy (non-hydrogen) atoms. The summed E-state index contributed by atoms with van der Waals surface area (Å²) in [5.74, 6) is 1.42. The van der Waals surface area contributed by atoms with Crippen LogP contribution < -0.4 is 15.5 Å². The molecule has 0 aliphatic carbocycles. The third kappa shape index (κ3) is 4.37. The largest absolute Gasteiger partial charge is 0.416 e. The SMILES string of the molecule is COC1CN(c2cc(C3(C)CCNCC3)cc(Nc3cc(C(F)(F)F)ccn3)n2)C1. The molecule has 2 saturated heterocycles. The van der Waals surface area contributed by atoms with E-state index in [9.17, 15) is 13.2 Å². The van der Waals surface area contributed by atoms with Gasteiger partial charge in [-0.2, -0.15) is 13.2 Å². The van der Waals surface area contributed by atoms with Crippen LogP contribution in [-0.4, -0.2) is 49.4 Å². The molecule has 2 aliphatic rings. The van der Waals surface area contributed by atoms with Gasteiger partial charge < -0.3 is 20.3 Å². The molecule has 0 radical (unpaired) electrons. The van der Waals surface area contributed by atoms with Crippen molar-refractivity contribution in [1.29, 1.82) is 0 Å². The maximum Gasteiger partial charge on any atom is 0.416 e. The van der Waals surface area contributed by atoms with Crippen molar-refractivity contribution in [3.8, 4) is 0 Å². The summed E-state index contributed by atoms with van der Waals surface area (Å²) < 4.78 is 44.6. The van der Waals surface area contributed by atoms with Crippen molar-refractivity contribution >= 4 is 17.5 Å². The Morgan fingerprint density at radius 1 is 1.17 bits per heavy atom. The smallest absolute Gasteiger partial charge is 0.378 e. The lowest BCUT2D eigenvalue weighted by Gasteiger charge is -2.40. The Hall–Kier alpha value is -2.39. The van der Waals surface area contributed by atoms with Crippen molar-refractivity contribution in [2.24, 2.45) is 0 Å². The molecule has 0 bridgehead atoms. The number of nitrogens with zero attached hydrogens (tertiary/aromatic N) is 3. The van der Waals surface area contributed by atoms with Gasteiger partial charge in [-0.15, -0.1) is 0 Å². The fourth-order valence-electron chi connectivity index (χ4n) is 3.94. The number of ether oxygens (including phenoxy) is 1. The predicted octanol–water partition coefficient (Wildman–Crippen LogP) is 3.72. The van der Waals surface area contributed by atoms with E-state index in [1.54, 1.807) is 7.11 Å². The molecular formula is C21H26F3N5O. The number of pyridine rings is 2. The normalized spacial score (nSPS) is 19.4. The molecule has 0 atom stereocenters. The Balaban J connectivity index is 1.66. The van der Waals surface area contributed by atoms with E-state index in [4.69, 9.17) is 4.74 Å². The first kappa shape index (κ1) is 20.9. The number of rotatable bonds is 5. The first-order valence-corrected chi connectivity index (χ1v) is 10.1. The van der Waals surface area contributed by atoms with Crippen LogP contribution in [0.3, 0.4) is 0 Å². The molecule has 0 saturated carbocycles. The highest BCUT2D eigenvalue weighted by atomic mass is 19.4. The summed E-state index contributed by atoms with van der Waals surface area (Å²) in [4.78, 5) is 10.8. The summed E-state index contributed by atoms with van der Waals surface area (Å²) in [6.45, 7) is 5.58. The number of anilines is 3. The minimum absolute atomic E-state index is 0.0217. The highest BCUT2D eigenvalue weighted by Gasteiger charge is 2.33. The number of piperidine rings is 1. The molecule has 2 aliphatic heterocycles. The van der Waals surface area contributed by atoms with E-state index in [1.807, 2.05) is 6.07 Å². The van der Waals surface area contributed by atoms with Crippen molar-refractivity contribution in [2.45, 2.75) is 37.5 Å². The van der Waals surface area contributed by atoms with E-state index in [-0.39, 0.29) is 17.3 Å². The minimum atomic E-state index is -4.42. The van der Waals surface area contributed by atoms with E-state index in [0.717, 1.165) is 68.7 Å². The summed E-state index contributed by atoms with van der Waals surface area (Å²) in [6.07, 6.45) is -1.12. The lowest BCUT2D eigenvalue weighted by Crippen LogP contribution is -2.52. The molecule has 2 fully saturated rings. The molecule has 6 nitrogen and oxygen atoms in total. The molecule has 2 aromatic heterocycles. The van der Waals surface area contributed by atoms with Crippen LogP contribution in [0.15, 0.2) is 30.5 Å². The monoisotopic (exact) mass is 421 g/mol. The van der Waals surface area contributed by atoms with Gasteiger partial charge in [0.2, 0.25) is 0 Å². The summed E-state index contributed by atoms with van der Waals surface area (Å²) in [5, 5.41) is 6.37. The molecule has 4 heterocycles. The van der Waals surface area contributed by atoms with E-state index in [0.29, 0.717) is 5.82 Å². The molecule has 162 valence electrons. The van der Waals surface area contributed by atoms with Crippen LogP contribution in [0.5, 0.6) is 0 Å². The number of halogens is 3. The third-order valence-electron chi connectivity index (χ3n) is 6.06. The maximum atomic E-state index is 13.1. The summed E-state index contributed by atoms with van der Waals surface area (Å²) in [6, 6.07) is 6.00. The Kier molecular flexibility index (Phi) is 5.59. The number of alkyl halides is 3. The highest BCUT2D eigenvalue weighted by molar-refractivity contribution is 5.59. The molecule has 2 aromatic rings. The fraction of sp³-hybridized carbons (Fsp3) is 0.524. The van der Waals surface area contributed by atoms with Crippen LogP contribution in [0.4, 0.5) is 30.6 Å². The van der Waals surface area contributed by atoms with Crippen LogP contribution in [0, 0.1) is 0 Å². The van der Waals surface area contributed by atoms with Gasteiger partial charge in [0.05, 0.1) is 11.7 Å². The number of methoxy groups -OCH3 is 1. The lowest BCUT2D eigenvalue weighted by molar-refractivity contribution is -0.137. The maximum absolute atomic E-state index is 13.1. The molecule has 2 N–H and O–H groups in total. The Morgan fingerprint density at radius 3 is 2.57 bits per heavy atom. The zero-order chi connectivity index (χ0) is 21.4. The van der Waals surface area contributed by atoms with Crippen LogP contribution in [-0.2, 0) is 16.3 Å². The molecule has 0 aromatic carbocycles. The molecular weight excluding hydrogens is 395 g/mol. The van der Waals surface area contributed by atoms with E-state index < -0.39 is 11.7 Å². The van der Waals surface area contributed by atoms with E-state index >= 15 is 0 Å². The summed E-state index contributed by atoms with van der Waals surface area (Å²) >= 11 is 0. The number of hydrogen-bond donors (Lipinski definition) is 2. The average Bonchev–Trinajstić information content (AvgIpc) is 2.67. The van der Waals surface area contributed by atoms with Gasteiger partial charge in [-0.1, -0.05) is 6.92 Å². The standard InChI is InChI=1S/C21H26F3N5O/c1-20(4-7-25-8-5-20)15-10-18(28-19(11-15)29-12-16(13-29)30-2)27-17-9-14(3-6-26-17)21(22,23)24/h3,6,9-11,16,25H,4-5,7-8,12-13H2,1-2H3,(H,26,27,28). The van der Waals surface area contributed by atoms with Gasteiger partial charge in [-0.05, 0) is 61.2 Å². The molecule has 0 unspecified atom stereocenters. The van der Waals surface area contributed by atoms with Crippen molar-refractivity contribution in [2.75, 3.05) is 43.5 Å². The van der Waals surface area contributed by atoms with E-state index in [2.05, 4.69) is 38.5 Å². The molecule has 9 heteroatoms. The second-order valence-electron chi connectivity index (χ2n) is 8.23. The van der Waals surface area contributed by atoms with Gasteiger partial charge in [0, 0.05) is 26.4 Å². The first-order valence-electron chi connectivity index (χ1n) is 10.1. The van der Waals surface area contributed by atoms with Crippen LogP contribution in [0.1, 0.15) is 30.9 Å². The molecule has 0 amide bonds. The van der Waals surface area contributed by atoms with Crippen LogP contribution in [0.2, 0.25) is 0 Å². The number of hydrogen-bond acceptors (Lipinski definition) is 6. The molecule has 0 spiro atoms. The van der Waals surface area contributed by atoms with Crippen LogP contribution >= 0.6 is 0 Å². The fourth-order valence-corrected chi connectivity index (χ4v) is 3.94. The summed E-state index contributed by atoms with van der Waals surface area (Å²) in [7, 11) is 1.69. The second kappa shape index (κ2) is 8.03. The lowest BCUT2D eigenvalue weighted by atomic mass is 9.75. The third-order valence-corrected chi connectivity index (χ3v) is 6.06. The van der Waals surface area contributed by atoms with Gasteiger partial charge in [0.25, 0.3) is 0 Å². The van der Waals surface area contributed by atoms with Gasteiger partial charge in [-0.3, -0.25) is 0 Å². The van der Waals surface area contributed by atoms with Crippen molar-refractivity contribution in [3.63, 3.8) is 0 Å². The van der Waals surface area contributed by atoms with Gasteiger partial charge >= 0.3 is 6.18 Å². The Labute approximate surface area is 173 Å². The van der Waals surface area contributed by atoms with Crippen molar-refractivity contribution in [3.05, 3.63) is 41.6 Å². The first-order chi connectivity index (χ1) is 14.3.